The highest BCUT2D eigenvalue weighted by molar-refractivity contribution is 5.88. The minimum absolute atomic E-state index is 0.485. The molecule has 7 nitrogen and oxygen atoms in total. The molecule has 5 rings (SSSR count). The van der Waals surface area contributed by atoms with Gasteiger partial charge >= 0.3 is 0 Å². The van der Waals surface area contributed by atoms with Crippen molar-refractivity contribution in [2.75, 3.05) is 5.73 Å². The standard InChI is InChI=1S/C18H19N7/c1-23-9-13(8-21-23)12-7-15(17-5-6-20-25(17)10-12)16-11-24(22-18(16)19)14-3-2-4-14/h5-11,14H,2-4H2,1H3,(H2,19,22). The zero-order valence-electron chi connectivity index (χ0n) is 14.0. The third kappa shape index (κ3) is 2.23. The highest BCUT2D eigenvalue weighted by Gasteiger charge is 2.23. The SMILES string of the molecule is Cn1cc(-c2cc(-c3cn(C4CCC4)nc3N)c3ccnn3c2)cn1. The molecule has 0 bridgehead atoms. The van der Waals surface area contributed by atoms with Crippen LogP contribution < -0.4 is 5.73 Å². The summed E-state index contributed by atoms with van der Waals surface area (Å²) < 4.78 is 5.71. The first-order valence-corrected chi connectivity index (χ1v) is 8.50. The summed E-state index contributed by atoms with van der Waals surface area (Å²) >= 11 is 0. The molecule has 25 heavy (non-hydrogen) atoms. The van der Waals surface area contributed by atoms with Crippen molar-refractivity contribution in [3.63, 3.8) is 0 Å². The van der Waals surface area contributed by atoms with E-state index in [9.17, 15) is 0 Å². The molecule has 2 N–H and O–H groups in total. The fourth-order valence-corrected chi connectivity index (χ4v) is 3.42. The molecule has 0 spiro atoms. The molecule has 0 aromatic carbocycles. The van der Waals surface area contributed by atoms with Gasteiger partial charge < -0.3 is 5.73 Å². The van der Waals surface area contributed by atoms with E-state index in [2.05, 4.69) is 27.6 Å². The molecule has 0 amide bonds. The molecule has 4 aromatic rings. The topological polar surface area (TPSA) is 79.0 Å². The van der Waals surface area contributed by atoms with Gasteiger partial charge in [0.05, 0.1) is 17.8 Å². The van der Waals surface area contributed by atoms with Crippen molar-refractivity contribution in [1.82, 2.24) is 29.2 Å². The van der Waals surface area contributed by atoms with Crippen molar-refractivity contribution in [3.8, 4) is 22.3 Å². The molecular weight excluding hydrogens is 314 g/mol. The lowest BCUT2D eigenvalue weighted by atomic mass is 9.93. The maximum atomic E-state index is 6.26. The number of nitrogen functional groups attached to an aromatic ring is 1. The highest BCUT2D eigenvalue weighted by Crippen LogP contribution is 2.36. The predicted molar refractivity (Wildman–Crippen MR) is 95.9 cm³/mol. The van der Waals surface area contributed by atoms with Crippen LogP contribution in [0.1, 0.15) is 25.3 Å². The first-order valence-electron chi connectivity index (χ1n) is 8.50. The van der Waals surface area contributed by atoms with E-state index in [-0.39, 0.29) is 0 Å². The zero-order chi connectivity index (χ0) is 17.0. The van der Waals surface area contributed by atoms with E-state index in [4.69, 9.17) is 5.73 Å². The van der Waals surface area contributed by atoms with Gasteiger partial charge in [-0.1, -0.05) is 0 Å². The van der Waals surface area contributed by atoms with Crippen LogP contribution in [0.25, 0.3) is 27.8 Å². The average molecular weight is 333 g/mol. The molecule has 0 saturated heterocycles. The van der Waals surface area contributed by atoms with Crippen LogP contribution in [0.2, 0.25) is 0 Å². The predicted octanol–water partition coefficient (Wildman–Crippen LogP) is 2.91. The number of fused-ring (bicyclic) bond motifs is 1. The molecule has 4 aromatic heterocycles. The molecule has 0 unspecified atom stereocenters. The summed E-state index contributed by atoms with van der Waals surface area (Å²) in [6.45, 7) is 0. The molecule has 1 aliphatic carbocycles. The lowest BCUT2D eigenvalue weighted by Crippen LogP contribution is -2.17. The van der Waals surface area contributed by atoms with E-state index in [0.717, 1.165) is 27.8 Å². The molecule has 0 atom stereocenters. The summed E-state index contributed by atoms with van der Waals surface area (Å²) in [4.78, 5) is 0. The molecule has 7 heteroatoms. The Balaban J connectivity index is 1.69. The van der Waals surface area contributed by atoms with E-state index in [0.29, 0.717) is 11.9 Å². The molecule has 126 valence electrons. The number of nitrogens with two attached hydrogens (primary N) is 1. The normalized spacial score (nSPS) is 14.9. The van der Waals surface area contributed by atoms with Gasteiger partial charge in [0.25, 0.3) is 0 Å². The molecule has 1 aliphatic rings. The first-order chi connectivity index (χ1) is 12.2. The van der Waals surface area contributed by atoms with Gasteiger partial charge in [-0.05, 0) is 31.4 Å². The lowest BCUT2D eigenvalue weighted by Gasteiger charge is -2.25. The van der Waals surface area contributed by atoms with E-state index >= 15 is 0 Å². The lowest BCUT2D eigenvalue weighted by molar-refractivity contribution is 0.290. The van der Waals surface area contributed by atoms with Crippen LogP contribution in [0.5, 0.6) is 0 Å². The van der Waals surface area contributed by atoms with Crippen molar-refractivity contribution in [1.29, 1.82) is 0 Å². The second-order valence-electron chi connectivity index (χ2n) is 6.70. The Morgan fingerprint density at radius 1 is 1.08 bits per heavy atom. The van der Waals surface area contributed by atoms with Gasteiger partial charge in [0.1, 0.15) is 0 Å². The summed E-state index contributed by atoms with van der Waals surface area (Å²) in [7, 11) is 1.91. The van der Waals surface area contributed by atoms with Gasteiger partial charge in [0.2, 0.25) is 0 Å². The molecule has 1 saturated carbocycles. The molecule has 4 heterocycles. The molecule has 0 aliphatic heterocycles. The molecule has 0 radical (unpaired) electrons. The first kappa shape index (κ1) is 14.3. The second kappa shape index (κ2) is 5.20. The van der Waals surface area contributed by atoms with Crippen LogP contribution in [0, 0.1) is 0 Å². The average Bonchev–Trinajstić information content (AvgIpc) is 3.24. The third-order valence-corrected chi connectivity index (χ3v) is 5.05. The number of anilines is 1. The minimum atomic E-state index is 0.485. The van der Waals surface area contributed by atoms with E-state index in [1.54, 1.807) is 10.9 Å². The number of aromatic nitrogens is 6. The summed E-state index contributed by atoms with van der Waals surface area (Å²) in [5, 5.41) is 13.2. The van der Waals surface area contributed by atoms with Crippen molar-refractivity contribution in [2.24, 2.45) is 7.05 Å². The van der Waals surface area contributed by atoms with Gasteiger partial charge in [-0.2, -0.15) is 15.3 Å². The zero-order valence-corrected chi connectivity index (χ0v) is 14.0. The minimum Gasteiger partial charge on any atom is -0.382 e. The molecular formula is C18H19N7. The summed E-state index contributed by atoms with van der Waals surface area (Å²) in [6, 6.07) is 4.63. The fourth-order valence-electron chi connectivity index (χ4n) is 3.42. The smallest absolute Gasteiger partial charge is 0.153 e. The van der Waals surface area contributed by atoms with Crippen molar-refractivity contribution < 1.29 is 0 Å². The Bertz CT molecular complexity index is 1060. The second-order valence-corrected chi connectivity index (χ2v) is 6.70. The number of nitrogens with zero attached hydrogens (tertiary/aromatic N) is 6. The number of rotatable bonds is 3. The Kier molecular flexibility index (Phi) is 2.97. The fraction of sp³-hybridized carbons (Fsp3) is 0.278. The largest absolute Gasteiger partial charge is 0.382 e. The maximum absolute atomic E-state index is 6.26. The van der Waals surface area contributed by atoms with Gasteiger partial charge in [-0.15, -0.1) is 0 Å². The summed E-state index contributed by atoms with van der Waals surface area (Å²) in [5.41, 5.74) is 11.4. The highest BCUT2D eigenvalue weighted by atomic mass is 15.3. The Morgan fingerprint density at radius 2 is 1.96 bits per heavy atom. The monoisotopic (exact) mass is 333 g/mol. The Labute approximate surface area is 144 Å². The number of aryl methyl sites for hydroxylation is 1. The van der Waals surface area contributed by atoms with Gasteiger partial charge in [0.15, 0.2) is 5.82 Å². The van der Waals surface area contributed by atoms with E-state index in [1.165, 1.54) is 19.3 Å². The van der Waals surface area contributed by atoms with Crippen LogP contribution in [-0.2, 0) is 7.05 Å². The third-order valence-electron chi connectivity index (χ3n) is 5.05. The van der Waals surface area contributed by atoms with Crippen LogP contribution in [-0.4, -0.2) is 29.2 Å². The van der Waals surface area contributed by atoms with E-state index in [1.807, 2.05) is 40.9 Å². The van der Waals surface area contributed by atoms with Gasteiger partial charge in [-0.3, -0.25) is 9.36 Å². The number of pyridine rings is 1. The number of hydrogen-bond donors (Lipinski definition) is 1. The Hall–Kier alpha value is -3.09. The van der Waals surface area contributed by atoms with Crippen molar-refractivity contribution in [2.45, 2.75) is 25.3 Å². The van der Waals surface area contributed by atoms with Crippen molar-refractivity contribution in [3.05, 3.63) is 43.1 Å². The van der Waals surface area contributed by atoms with Gasteiger partial charge in [-0.25, -0.2) is 4.52 Å². The quantitative estimate of drug-likeness (QED) is 0.625. The molecule has 1 fully saturated rings. The van der Waals surface area contributed by atoms with E-state index < -0.39 is 0 Å². The summed E-state index contributed by atoms with van der Waals surface area (Å²) in [6.07, 6.45) is 13.4. The van der Waals surface area contributed by atoms with Crippen LogP contribution in [0.15, 0.2) is 43.1 Å². The Morgan fingerprint density at radius 3 is 2.68 bits per heavy atom. The van der Waals surface area contributed by atoms with Crippen molar-refractivity contribution >= 4 is 11.3 Å². The van der Waals surface area contributed by atoms with Crippen LogP contribution >= 0.6 is 0 Å². The maximum Gasteiger partial charge on any atom is 0.153 e. The van der Waals surface area contributed by atoms with Gasteiger partial charge in [0, 0.05) is 54.1 Å². The summed E-state index contributed by atoms with van der Waals surface area (Å²) in [5.74, 6) is 0.568. The van der Waals surface area contributed by atoms with Crippen LogP contribution in [0.3, 0.4) is 0 Å². The van der Waals surface area contributed by atoms with Crippen LogP contribution in [0.4, 0.5) is 5.82 Å². The number of hydrogen-bond acceptors (Lipinski definition) is 4.